The highest BCUT2D eigenvalue weighted by Crippen LogP contribution is 2.25. The second-order valence-corrected chi connectivity index (χ2v) is 5.63. The maximum atomic E-state index is 12.3. The normalized spacial score (nSPS) is 13.8. The summed E-state index contributed by atoms with van der Waals surface area (Å²) in [4.78, 5) is 14.4. The standard InChI is InChI=1S/C16H25N3O/c1-19(2)12-4-3-10-18-16(20)14-7-5-9-15-13(14)8-6-11-17-15/h5,7,9,17H,3-4,6,8,10-12H2,1-2H3,(H,18,20). The Bertz CT molecular complexity index is 457. The third-order valence-corrected chi connectivity index (χ3v) is 3.66. The van der Waals surface area contributed by atoms with E-state index in [0.717, 1.165) is 56.6 Å². The molecule has 0 spiro atoms. The third-order valence-electron chi connectivity index (χ3n) is 3.66. The molecule has 1 aromatic rings. The molecule has 1 aromatic carbocycles. The minimum absolute atomic E-state index is 0.0652. The molecule has 1 heterocycles. The predicted octanol–water partition coefficient (Wildman–Crippen LogP) is 2.12. The summed E-state index contributed by atoms with van der Waals surface area (Å²) in [6.07, 6.45) is 4.23. The van der Waals surface area contributed by atoms with E-state index < -0.39 is 0 Å². The van der Waals surface area contributed by atoms with E-state index in [-0.39, 0.29) is 5.91 Å². The maximum Gasteiger partial charge on any atom is 0.251 e. The number of fused-ring (bicyclic) bond motifs is 1. The van der Waals surface area contributed by atoms with Crippen molar-refractivity contribution in [3.63, 3.8) is 0 Å². The lowest BCUT2D eigenvalue weighted by Crippen LogP contribution is -2.27. The first kappa shape index (κ1) is 14.9. The SMILES string of the molecule is CN(C)CCCCNC(=O)c1cccc2c1CCCN2. The fourth-order valence-corrected chi connectivity index (χ4v) is 2.57. The van der Waals surface area contributed by atoms with Gasteiger partial charge < -0.3 is 15.5 Å². The van der Waals surface area contributed by atoms with Gasteiger partial charge in [0, 0.05) is 24.3 Å². The lowest BCUT2D eigenvalue weighted by atomic mass is 9.97. The molecule has 1 aliphatic rings. The van der Waals surface area contributed by atoms with Crippen LogP contribution in [0, 0.1) is 0 Å². The summed E-state index contributed by atoms with van der Waals surface area (Å²) in [6.45, 7) is 2.83. The predicted molar refractivity (Wildman–Crippen MR) is 83.4 cm³/mol. The Labute approximate surface area is 121 Å². The molecule has 0 aliphatic carbocycles. The van der Waals surface area contributed by atoms with Crippen LogP contribution >= 0.6 is 0 Å². The molecule has 110 valence electrons. The highest BCUT2D eigenvalue weighted by atomic mass is 16.1. The zero-order valence-corrected chi connectivity index (χ0v) is 12.5. The van der Waals surface area contributed by atoms with Crippen molar-refractivity contribution < 1.29 is 4.79 Å². The van der Waals surface area contributed by atoms with Gasteiger partial charge in [0.1, 0.15) is 0 Å². The number of anilines is 1. The Morgan fingerprint density at radius 3 is 3.00 bits per heavy atom. The van der Waals surface area contributed by atoms with E-state index in [0.29, 0.717) is 0 Å². The van der Waals surface area contributed by atoms with Gasteiger partial charge in [-0.2, -0.15) is 0 Å². The molecule has 0 fully saturated rings. The van der Waals surface area contributed by atoms with Gasteiger partial charge in [-0.05, 0) is 64.0 Å². The molecule has 2 N–H and O–H groups in total. The maximum absolute atomic E-state index is 12.3. The first-order chi connectivity index (χ1) is 9.68. The van der Waals surface area contributed by atoms with Crippen molar-refractivity contribution in [3.05, 3.63) is 29.3 Å². The lowest BCUT2D eigenvalue weighted by Gasteiger charge is -2.20. The van der Waals surface area contributed by atoms with Gasteiger partial charge in [-0.15, -0.1) is 0 Å². The number of unbranched alkanes of at least 4 members (excludes halogenated alkanes) is 1. The molecule has 0 atom stereocenters. The van der Waals surface area contributed by atoms with Gasteiger partial charge in [-0.25, -0.2) is 0 Å². The summed E-state index contributed by atoms with van der Waals surface area (Å²) >= 11 is 0. The van der Waals surface area contributed by atoms with Crippen molar-refractivity contribution in [1.29, 1.82) is 0 Å². The van der Waals surface area contributed by atoms with Crippen molar-refractivity contribution in [1.82, 2.24) is 10.2 Å². The fraction of sp³-hybridized carbons (Fsp3) is 0.562. The van der Waals surface area contributed by atoms with E-state index in [1.54, 1.807) is 0 Å². The van der Waals surface area contributed by atoms with E-state index in [4.69, 9.17) is 0 Å². The van der Waals surface area contributed by atoms with Crippen LogP contribution in [-0.4, -0.2) is 44.5 Å². The number of carbonyl (C=O) groups excluding carboxylic acids is 1. The second kappa shape index (κ2) is 7.29. The van der Waals surface area contributed by atoms with Gasteiger partial charge in [0.25, 0.3) is 5.91 Å². The Kier molecular flexibility index (Phi) is 5.41. The number of benzene rings is 1. The van der Waals surface area contributed by atoms with Crippen molar-refractivity contribution >= 4 is 11.6 Å². The lowest BCUT2D eigenvalue weighted by molar-refractivity contribution is 0.0952. The van der Waals surface area contributed by atoms with Crippen LogP contribution in [0.1, 0.15) is 35.2 Å². The Morgan fingerprint density at radius 1 is 1.35 bits per heavy atom. The molecule has 20 heavy (non-hydrogen) atoms. The third kappa shape index (κ3) is 3.97. The summed E-state index contributed by atoms with van der Waals surface area (Å²) in [6, 6.07) is 5.95. The van der Waals surface area contributed by atoms with E-state index in [2.05, 4.69) is 35.7 Å². The molecule has 4 heteroatoms. The number of rotatable bonds is 6. The number of carbonyl (C=O) groups is 1. The van der Waals surface area contributed by atoms with E-state index in [1.807, 2.05) is 12.1 Å². The average molecular weight is 275 g/mol. The number of nitrogens with zero attached hydrogens (tertiary/aromatic N) is 1. The topological polar surface area (TPSA) is 44.4 Å². The van der Waals surface area contributed by atoms with Gasteiger partial charge in [-0.3, -0.25) is 4.79 Å². The van der Waals surface area contributed by atoms with E-state index >= 15 is 0 Å². The van der Waals surface area contributed by atoms with Crippen molar-refractivity contribution in [2.75, 3.05) is 39.0 Å². The Balaban J connectivity index is 1.86. The van der Waals surface area contributed by atoms with Crippen LogP contribution in [0.15, 0.2) is 18.2 Å². The second-order valence-electron chi connectivity index (χ2n) is 5.63. The summed E-state index contributed by atoms with van der Waals surface area (Å²) in [5, 5.41) is 6.40. The summed E-state index contributed by atoms with van der Waals surface area (Å²) in [5.74, 6) is 0.0652. The largest absolute Gasteiger partial charge is 0.385 e. The highest BCUT2D eigenvalue weighted by Gasteiger charge is 2.16. The van der Waals surface area contributed by atoms with Crippen LogP contribution in [0.3, 0.4) is 0 Å². The minimum atomic E-state index is 0.0652. The van der Waals surface area contributed by atoms with Gasteiger partial charge >= 0.3 is 0 Å². The fourth-order valence-electron chi connectivity index (χ4n) is 2.57. The average Bonchev–Trinajstić information content (AvgIpc) is 2.45. The number of hydrogen-bond donors (Lipinski definition) is 2. The smallest absolute Gasteiger partial charge is 0.251 e. The first-order valence-corrected chi connectivity index (χ1v) is 7.47. The summed E-state index contributed by atoms with van der Waals surface area (Å²) in [7, 11) is 4.14. The van der Waals surface area contributed by atoms with Gasteiger partial charge in [-0.1, -0.05) is 6.07 Å². The molecule has 4 nitrogen and oxygen atoms in total. The zero-order valence-electron chi connectivity index (χ0n) is 12.5. The summed E-state index contributed by atoms with van der Waals surface area (Å²) in [5.41, 5.74) is 3.13. The highest BCUT2D eigenvalue weighted by molar-refractivity contribution is 5.97. The number of hydrogen-bond acceptors (Lipinski definition) is 3. The number of amides is 1. The number of nitrogens with one attached hydrogen (secondary N) is 2. The first-order valence-electron chi connectivity index (χ1n) is 7.47. The van der Waals surface area contributed by atoms with E-state index in [1.165, 1.54) is 5.56 Å². The van der Waals surface area contributed by atoms with Crippen LogP contribution < -0.4 is 10.6 Å². The molecule has 0 saturated carbocycles. The van der Waals surface area contributed by atoms with E-state index in [9.17, 15) is 4.79 Å². The summed E-state index contributed by atoms with van der Waals surface area (Å²) < 4.78 is 0. The molecule has 2 rings (SSSR count). The van der Waals surface area contributed by atoms with Crippen LogP contribution in [-0.2, 0) is 6.42 Å². The van der Waals surface area contributed by atoms with Gasteiger partial charge in [0.05, 0.1) is 0 Å². The zero-order chi connectivity index (χ0) is 14.4. The minimum Gasteiger partial charge on any atom is -0.385 e. The molecule has 1 aliphatic heterocycles. The molecule has 0 aromatic heterocycles. The van der Waals surface area contributed by atoms with Crippen LogP contribution in [0.5, 0.6) is 0 Å². The Hall–Kier alpha value is -1.55. The van der Waals surface area contributed by atoms with Crippen LogP contribution in [0.4, 0.5) is 5.69 Å². The van der Waals surface area contributed by atoms with Crippen LogP contribution in [0.2, 0.25) is 0 Å². The van der Waals surface area contributed by atoms with Crippen molar-refractivity contribution in [2.24, 2.45) is 0 Å². The van der Waals surface area contributed by atoms with Crippen molar-refractivity contribution in [2.45, 2.75) is 25.7 Å². The van der Waals surface area contributed by atoms with Crippen molar-refractivity contribution in [3.8, 4) is 0 Å². The monoisotopic (exact) mass is 275 g/mol. The molecule has 0 saturated heterocycles. The van der Waals surface area contributed by atoms with Gasteiger partial charge in [0.15, 0.2) is 0 Å². The van der Waals surface area contributed by atoms with Crippen LogP contribution in [0.25, 0.3) is 0 Å². The molecule has 1 amide bonds. The Morgan fingerprint density at radius 2 is 2.20 bits per heavy atom. The quantitative estimate of drug-likeness (QED) is 0.782. The molecular formula is C16H25N3O. The molecule has 0 radical (unpaired) electrons. The molecular weight excluding hydrogens is 250 g/mol. The molecule has 0 bridgehead atoms. The van der Waals surface area contributed by atoms with Gasteiger partial charge in [0.2, 0.25) is 0 Å². The molecule has 0 unspecified atom stereocenters.